The third-order valence-corrected chi connectivity index (χ3v) is 6.08. The molecule has 1 atom stereocenters. The van der Waals surface area contributed by atoms with Crippen LogP contribution in [0.15, 0.2) is 72.3 Å². The number of ether oxygens (including phenoxy) is 3. The molecule has 7 heteroatoms. The lowest BCUT2D eigenvalue weighted by atomic mass is 9.94. The maximum Gasteiger partial charge on any atom is 0.295 e. The molecule has 3 aromatic carbocycles. The fourth-order valence-electron chi connectivity index (χ4n) is 4.45. The van der Waals surface area contributed by atoms with Crippen LogP contribution >= 0.6 is 0 Å². The summed E-state index contributed by atoms with van der Waals surface area (Å²) in [6, 6.07) is 19.1. The number of hydrogen-bond acceptors (Lipinski definition) is 6. The summed E-state index contributed by atoms with van der Waals surface area (Å²) < 4.78 is 16.2. The lowest BCUT2D eigenvalue weighted by Gasteiger charge is -2.26. The maximum atomic E-state index is 13.3. The fourth-order valence-corrected chi connectivity index (χ4v) is 4.45. The van der Waals surface area contributed by atoms with Crippen LogP contribution in [0.25, 0.3) is 5.76 Å². The number of aryl methyl sites for hydroxylation is 1. The van der Waals surface area contributed by atoms with Gasteiger partial charge in [0, 0.05) is 11.1 Å². The Balaban J connectivity index is 1.65. The molecule has 34 heavy (non-hydrogen) atoms. The van der Waals surface area contributed by atoms with Crippen molar-refractivity contribution < 1.29 is 28.9 Å². The second kappa shape index (κ2) is 8.59. The first kappa shape index (κ1) is 21.6. The highest BCUT2D eigenvalue weighted by molar-refractivity contribution is 6.46. The van der Waals surface area contributed by atoms with Crippen molar-refractivity contribution in [3.05, 3.63) is 94.6 Å². The normalized spacial score (nSPS) is 18.4. The Morgan fingerprint density at radius 1 is 1.03 bits per heavy atom. The number of hydrogen-bond donors (Lipinski definition) is 1. The van der Waals surface area contributed by atoms with Crippen LogP contribution in [-0.4, -0.2) is 35.6 Å². The Bertz CT molecular complexity index is 1330. The molecule has 2 aliphatic rings. The highest BCUT2D eigenvalue weighted by atomic mass is 16.7. The van der Waals surface area contributed by atoms with Gasteiger partial charge in [-0.15, -0.1) is 0 Å². The molecule has 0 radical (unpaired) electrons. The number of likely N-dealkylation sites (tertiary alicyclic amines) is 1. The minimum absolute atomic E-state index is 0.0318. The Labute approximate surface area is 196 Å². The Hall–Kier alpha value is -4.26. The van der Waals surface area contributed by atoms with Gasteiger partial charge in [-0.2, -0.15) is 0 Å². The number of carbonyl (C=O) groups excluding carboxylic acids is 2. The molecule has 5 rings (SSSR count). The van der Waals surface area contributed by atoms with E-state index in [1.54, 1.807) is 31.4 Å². The molecular weight excluding hydrogens is 434 g/mol. The largest absolute Gasteiger partial charge is 0.507 e. The number of ketones is 1. The average Bonchev–Trinajstić information content (AvgIpc) is 3.42. The van der Waals surface area contributed by atoms with E-state index in [9.17, 15) is 14.7 Å². The van der Waals surface area contributed by atoms with Crippen molar-refractivity contribution in [2.24, 2.45) is 0 Å². The highest BCUT2D eigenvalue weighted by Gasteiger charge is 2.46. The third-order valence-electron chi connectivity index (χ3n) is 6.08. The Kier molecular flexibility index (Phi) is 5.45. The van der Waals surface area contributed by atoms with Gasteiger partial charge in [0.15, 0.2) is 11.5 Å². The number of Topliss-reactive ketones (excluding diaryl/α,β-unsaturated/α-hetero) is 1. The standard InChI is InChI=1S/C27H23NO6/c1-16-6-5-8-17(12-16)24-23(25(29)18-10-11-21-22(13-18)34-15-33-21)26(30)27(31)28(24)14-19-7-3-4-9-20(19)32-2/h3-13,24,29H,14-15H2,1-2H3/b25-23-. The number of amides is 1. The predicted molar refractivity (Wildman–Crippen MR) is 125 cm³/mol. The molecule has 172 valence electrons. The van der Waals surface area contributed by atoms with Crippen molar-refractivity contribution in [1.82, 2.24) is 4.90 Å². The van der Waals surface area contributed by atoms with Gasteiger partial charge in [-0.3, -0.25) is 9.59 Å². The van der Waals surface area contributed by atoms with E-state index < -0.39 is 17.7 Å². The number of methoxy groups -OCH3 is 1. The van der Waals surface area contributed by atoms with Crippen LogP contribution in [0, 0.1) is 6.92 Å². The molecule has 1 unspecified atom stereocenters. The van der Waals surface area contributed by atoms with Gasteiger partial charge in [0.1, 0.15) is 11.5 Å². The average molecular weight is 457 g/mol. The zero-order valence-electron chi connectivity index (χ0n) is 18.8. The molecular formula is C27H23NO6. The van der Waals surface area contributed by atoms with Gasteiger partial charge in [0.25, 0.3) is 11.7 Å². The summed E-state index contributed by atoms with van der Waals surface area (Å²) in [5, 5.41) is 11.3. The van der Waals surface area contributed by atoms with E-state index in [0.717, 1.165) is 16.7 Å². The zero-order valence-corrected chi connectivity index (χ0v) is 18.8. The fraction of sp³-hybridized carbons (Fsp3) is 0.185. The smallest absolute Gasteiger partial charge is 0.295 e. The van der Waals surface area contributed by atoms with Crippen molar-refractivity contribution in [1.29, 1.82) is 0 Å². The lowest BCUT2D eigenvalue weighted by molar-refractivity contribution is -0.140. The summed E-state index contributed by atoms with van der Waals surface area (Å²) in [4.78, 5) is 28.0. The Morgan fingerprint density at radius 2 is 1.82 bits per heavy atom. The number of fused-ring (bicyclic) bond motifs is 1. The first-order valence-corrected chi connectivity index (χ1v) is 10.8. The van der Waals surface area contributed by atoms with E-state index in [0.29, 0.717) is 22.8 Å². The molecule has 1 amide bonds. The third kappa shape index (κ3) is 3.65. The highest BCUT2D eigenvalue weighted by Crippen LogP contribution is 2.42. The van der Waals surface area contributed by atoms with Crippen LogP contribution in [-0.2, 0) is 16.1 Å². The van der Waals surface area contributed by atoms with Crippen LogP contribution in [0.5, 0.6) is 17.2 Å². The number of aliphatic hydroxyl groups excluding tert-OH is 1. The van der Waals surface area contributed by atoms with Crippen LogP contribution in [0.2, 0.25) is 0 Å². The summed E-state index contributed by atoms with van der Waals surface area (Å²) in [5.41, 5.74) is 2.87. The first-order valence-electron chi connectivity index (χ1n) is 10.8. The van der Waals surface area contributed by atoms with Crippen molar-refractivity contribution in [2.45, 2.75) is 19.5 Å². The lowest BCUT2D eigenvalue weighted by Crippen LogP contribution is -2.29. The number of rotatable bonds is 5. The second-order valence-corrected chi connectivity index (χ2v) is 8.22. The zero-order chi connectivity index (χ0) is 23.8. The number of nitrogens with zero attached hydrogens (tertiary/aromatic N) is 1. The summed E-state index contributed by atoms with van der Waals surface area (Å²) >= 11 is 0. The quantitative estimate of drug-likeness (QED) is 0.348. The summed E-state index contributed by atoms with van der Waals surface area (Å²) in [6.07, 6.45) is 0. The van der Waals surface area contributed by atoms with Crippen molar-refractivity contribution >= 4 is 17.4 Å². The maximum absolute atomic E-state index is 13.3. The molecule has 3 aromatic rings. The molecule has 0 aromatic heterocycles. The van der Waals surface area contributed by atoms with Gasteiger partial charge in [-0.05, 0) is 36.8 Å². The first-order chi connectivity index (χ1) is 16.5. The van der Waals surface area contributed by atoms with Gasteiger partial charge in [-0.1, -0.05) is 48.0 Å². The van der Waals surface area contributed by atoms with Crippen LogP contribution in [0.4, 0.5) is 0 Å². The molecule has 0 saturated carbocycles. The van der Waals surface area contributed by atoms with Crippen LogP contribution in [0.1, 0.15) is 28.3 Å². The Morgan fingerprint density at radius 3 is 2.62 bits per heavy atom. The predicted octanol–water partition coefficient (Wildman–Crippen LogP) is 4.35. The van der Waals surface area contributed by atoms with Crippen molar-refractivity contribution in [3.8, 4) is 17.2 Å². The molecule has 0 aliphatic carbocycles. The summed E-state index contributed by atoms with van der Waals surface area (Å²) in [5.74, 6) is -0.0343. The summed E-state index contributed by atoms with van der Waals surface area (Å²) in [7, 11) is 1.56. The molecule has 0 spiro atoms. The number of carbonyl (C=O) groups is 2. The van der Waals surface area contributed by atoms with Gasteiger partial charge in [-0.25, -0.2) is 0 Å². The monoisotopic (exact) mass is 457 g/mol. The molecule has 1 saturated heterocycles. The van der Waals surface area contributed by atoms with Gasteiger partial charge < -0.3 is 24.2 Å². The minimum atomic E-state index is -0.768. The van der Waals surface area contributed by atoms with Crippen molar-refractivity contribution in [2.75, 3.05) is 13.9 Å². The van der Waals surface area contributed by atoms with E-state index in [1.807, 2.05) is 49.4 Å². The topological polar surface area (TPSA) is 85.3 Å². The molecule has 1 fully saturated rings. The molecule has 2 aliphatic heterocycles. The van der Waals surface area contributed by atoms with E-state index in [4.69, 9.17) is 14.2 Å². The van der Waals surface area contributed by atoms with Gasteiger partial charge in [0.2, 0.25) is 6.79 Å². The van der Waals surface area contributed by atoms with E-state index in [-0.39, 0.29) is 24.7 Å². The van der Waals surface area contributed by atoms with Crippen LogP contribution in [0.3, 0.4) is 0 Å². The summed E-state index contributed by atoms with van der Waals surface area (Å²) in [6.45, 7) is 2.17. The van der Waals surface area contributed by atoms with E-state index in [2.05, 4.69) is 0 Å². The molecule has 2 heterocycles. The number of para-hydroxylation sites is 1. The molecule has 7 nitrogen and oxygen atoms in total. The van der Waals surface area contributed by atoms with Crippen LogP contribution < -0.4 is 14.2 Å². The minimum Gasteiger partial charge on any atom is -0.507 e. The van der Waals surface area contributed by atoms with Crippen molar-refractivity contribution in [3.63, 3.8) is 0 Å². The van der Waals surface area contributed by atoms with E-state index in [1.165, 1.54) is 4.90 Å². The molecule has 0 bridgehead atoms. The molecule has 1 N–H and O–H groups in total. The SMILES string of the molecule is COc1ccccc1CN1C(=O)C(=O)/C(=C(\O)c2ccc3c(c2)OCO3)C1c1cccc(C)c1. The number of aliphatic hydroxyl groups is 1. The van der Waals surface area contributed by atoms with Gasteiger partial charge >= 0.3 is 0 Å². The van der Waals surface area contributed by atoms with E-state index >= 15 is 0 Å². The number of benzene rings is 3. The second-order valence-electron chi connectivity index (χ2n) is 8.22. The van der Waals surface area contributed by atoms with Gasteiger partial charge in [0.05, 0.1) is 25.3 Å².